The SMILES string of the molecule is COc1cc(C(C)=NNC(=O)C(=O)Nc2ccccc2F)ccc1OCc1ccc(C)cc1. The van der Waals surface area contributed by atoms with E-state index in [0.29, 0.717) is 29.4 Å². The number of carbonyl (C=O) groups excluding carboxylic acids is 2. The van der Waals surface area contributed by atoms with E-state index < -0.39 is 17.6 Å². The highest BCUT2D eigenvalue weighted by Gasteiger charge is 2.15. The van der Waals surface area contributed by atoms with Crippen molar-refractivity contribution in [2.45, 2.75) is 20.5 Å². The van der Waals surface area contributed by atoms with E-state index >= 15 is 0 Å². The molecule has 0 saturated heterocycles. The van der Waals surface area contributed by atoms with Gasteiger partial charge in [-0.25, -0.2) is 9.82 Å². The van der Waals surface area contributed by atoms with Crippen molar-refractivity contribution in [1.82, 2.24) is 5.43 Å². The third kappa shape index (κ3) is 6.39. The lowest BCUT2D eigenvalue weighted by Crippen LogP contribution is -2.33. The van der Waals surface area contributed by atoms with Crippen molar-refractivity contribution >= 4 is 23.2 Å². The molecule has 0 unspecified atom stereocenters. The van der Waals surface area contributed by atoms with Crippen LogP contribution in [0.2, 0.25) is 0 Å². The number of anilines is 1. The topological polar surface area (TPSA) is 89.0 Å². The number of hydrazone groups is 1. The van der Waals surface area contributed by atoms with Gasteiger partial charge in [0.1, 0.15) is 12.4 Å². The van der Waals surface area contributed by atoms with Crippen molar-refractivity contribution in [2.75, 3.05) is 12.4 Å². The van der Waals surface area contributed by atoms with E-state index in [1.165, 1.54) is 30.9 Å². The fourth-order valence-electron chi connectivity index (χ4n) is 2.85. The molecule has 0 spiro atoms. The average Bonchev–Trinajstić information content (AvgIpc) is 2.83. The second-order valence-electron chi connectivity index (χ2n) is 7.21. The highest BCUT2D eigenvalue weighted by molar-refractivity contribution is 6.39. The van der Waals surface area contributed by atoms with E-state index in [2.05, 4.69) is 15.8 Å². The minimum atomic E-state index is -1.03. The van der Waals surface area contributed by atoms with Crippen molar-refractivity contribution in [1.29, 1.82) is 0 Å². The van der Waals surface area contributed by atoms with E-state index in [4.69, 9.17) is 9.47 Å². The Morgan fingerprint density at radius 3 is 2.39 bits per heavy atom. The molecule has 0 saturated carbocycles. The van der Waals surface area contributed by atoms with Crippen LogP contribution in [0.1, 0.15) is 23.6 Å². The van der Waals surface area contributed by atoms with Gasteiger partial charge in [0.05, 0.1) is 18.5 Å². The van der Waals surface area contributed by atoms with Crippen molar-refractivity contribution in [3.63, 3.8) is 0 Å². The highest BCUT2D eigenvalue weighted by Crippen LogP contribution is 2.29. The van der Waals surface area contributed by atoms with Crippen molar-refractivity contribution in [3.8, 4) is 11.5 Å². The monoisotopic (exact) mass is 449 g/mol. The minimum absolute atomic E-state index is 0.0932. The van der Waals surface area contributed by atoms with E-state index in [-0.39, 0.29) is 5.69 Å². The van der Waals surface area contributed by atoms with Gasteiger partial charge in [0.2, 0.25) is 0 Å². The summed E-state index contributed by atoms with van der Waals surface area (Å²) in [7, 11) is 1.53. The second-order valence-corrected chi connectivity index (χ2v) is 7.21. The number of nitrogens with zero attached hydrogens (tertiary/aromatic N) is 1. The van der Waals surface area contributed by atoms with Gasteiger partial charge in [-0.15, -0.1) is 0 Å². The van der Waals surface area contributed by atoms with Gasteiger partial charge in [-0.05, 0) is 49.7 Å². The molecule has 0 radical (unpaired) electrons. The predicted molar refractivity (Wildman–Crippen MR) is 124 cm³/mol. The second kappa shape index (κ2) is 10.9. The molecule has 33 heavy (non-hydrogen) atoms. The molecule has 0 aliphatic heterocycles. The molecule has 0 fully saturated rings. The number of hydrogen-bond acceptors (Lipinski definition) is 5. The number of benzene rings is 3. The molecule has 0 atom stereocenters. The maximum atomic E-state index is 13.6. The first-order chi connectivity index (χ1) is 15.9. The summed E-state index contributed by atoms with van der Waals surface area (Å²) >= 11 is 0. The first kappa shape index (κ1) is 23.5. The molecule has 3 rings (SSSR count). The molecule has 3 aromatic carbocycles. The molecule has 7 nitrogen and oxygen atoms in total. The summed E-state index contributed by atoms with van der Waals surface area (Å²) in [6.45, 7) is 4.07. The number of amides is 2. The van der Waals surface area contributed by atoms with Gasteiger partial charge >= 0.3 is 11.8 Å². The van der Waals surface area contributed by atoms with Crippen LogP contribution in [0.3, 0.4) is 0 Å². The van der Waals surface area contributed by atoms with E-state index in [9.17, 15) is 14.0 Å². The first-order valence-corrected chi connectivity index (χ1v) is 10.1. The van der Waals surface area contributed by atoms with E-state index in [1.54, 1.807) is 31.2 Å². The van der Waals surface area contributed by atoms with Crippen LogP contribution in [0.4, 0.5) is 10.1 Å². The molecule has 2 N–H and O–H groups in total. The van der Waals surface area contributed by atoms with E-state index in [0.717, 1.165) is 5.56 Å². The third-order valence-corrected chi connectivity index (χ3v) is 4.75. The summed E-state index contributed by atoms with van der Waals surface area (Å²) in [5.74, 6) is -1.65. The van der Waals surface area contributed by atoms with Crippen LogP contribution in [0, 0.1) is 12.7 Å². The Morgan fingerprint density at radius 1 is 0.970 bits per heavy atom. The zero-order valence-corrected chi connectivity index (χ0v) is 18.5. The largest absolute Gasteiger partial charge is 0.493 e. The Bertz CT molecular complexity index is 1180. The smallest absolute Gasteiger partial charge is 0.329 e. The summed E-state index contributed by atoms with van der Waals surface area (Å²) in [5.41, 5.74) is 5.37. The quantitative estimate of drug-likeness (QED) is 0.321. The molecular formula is C25H24FN3O4. The number of rotatable bonds is 7. The highest BCUT2D eigenvalue weighted by atomic mass is 19.1. The molecule has 8 heteroatoms. The summed E-state index contributed by atoms with van der Waals surface area (Å²) in [6.07, 6.45) is 0. The molecular weight excluding hydrogens is 425 g/mol. The molecule has 0 aromatic heterocycles. The Balaban J connectivity index is 1.63. The number of methoxy groups -OCH3 is 1. The third-order valence-electron chi connectivity index (χ3n) is 4.75. The number of nitrogens with one attached hydrogen (secondary N) is 2. The zero-order chi connectivity index (χ0) is 23.8. The van der Waals surface area contributed by atoms with Gasteiger partial charge < -0.3 is 14.8 Å². The lowest BCUT2D eigenvalue weighted by Gasteiger charge is -2.12. The number of aryl methyl sites for hydroxylation is 1. The number of hydrogen-bond donors (Lipinski definition) is 2. The van der Waals surface area contributed by atoms with Crippen LogP contribution in [-0.2, 0) is 16.2 Å². The van der Waals surface area contributed by atoms with Crippen LogP contribution in [0.25, 0.3) is 0 Å². The molecule has 0 bridgehead atoms. The zero-order valence-electron chi connectivity index (χ0n) is 18.5. The minimum Gasteiger partial charge on any atom is -0.493 e. The van der Waals surface area contributed by atoms with Gasteiger partial charge in [0.25, 0.3) is 0 Å². The van der Waals surface area contributed by atoms with Crippen molar-refractivity contribution < 1.29 is 23.5 Å². The standard InChI is InChI=1S/C25H24FN3O4/c1-16-8-10-18(11-9-16)15-33-22-13-12-19(14-23(22)32-3)17(2)28-29-25(31)24(30)27-21-7-5-4-6-20(21)26/h4-14H,15H2,1-3H3,(H,27,30)(H,29,31). The number of carbonyl (C=O) groups is 2. The molecule has 0 heterocycles. The van der Waals surface area contributed by atoms with Crippen LogP contribution in [-0.4, -0.2) is 24.6 Å². The summed E-state index contributed by atoms with van der Waals surface area (Å²) in [5, 5.41) is 6.15. The number of ether oxygens (including phenoxy) is 2. The Labute approximate surface area is 191 Å². The molecule has 0 aliphatic carbocycles. The Morgan fingerprint density at radius 2 is 1.70 bits per heavy atom. The van der Waals surface area contributed by atoms with Gasteiger partial charge in [0.15, 0.2) is 11.5 Å². The maximum Gasteiger partial charge on any atom is 0.329 e. The molecule has 2 amide bonds. The Kier molecular flexibility index (Phi) is 7.75. The summed E-state index contributed by atoms with van der Waals surface area (Å²) in [4.78, 5) is 24.0. The van der Waals surface area contributed by atoms with Crippen molar-refractivity contribution in [2.24, 2.45) is 5.10 Å². The lowest BCUT2D eigenvalue weighted by molar-refractivity contribution is -0.136. The summed E-state index contributed by atoms with van der Waals surface area (Å²) < 4.78 is 24.9. The van der Waals surface area contributed by atoms with Gasteiger partial charge in [-0.2, -0.15) is 5.10 Å². The van der Waals surface area contributed by atoms with Crippen LogP contribution in [0.5, 0.6) is 11.5 Å². The number of para-hydroxylation sites is 1. The first-order valence-electron chi connectivity index (χ1n) is 10.1. The molecule has 0 aliphatic rings. The maximum absolute atomic E-state index is 13.6. The fourth-order valence-corrected chi connectivity index (χ4v) is 2.85. The van der Waals surface area contributed by atoms with Gasteiger partial charge in [-0.1, -0.05) is 42.0 Å². The van der Waals surface area contributed by atoms with Crippen LogP contribution < -0.4 is 20.2 Å². The number of halogens is 1. The summed E-state index contributed by atoms with van der Waals surface area (Å²) in [6, 6.07) is 18.8. The van der Waals surface area contributed by atoms with Crippen LogP contribution >= 0.6 is 0 Å². The van der Waals surface area contributed by atoms with E-state index in [1.807, 2.05) is 31.2 Å². The predicted octanol–water partition coefficient (Wildman–Crippen LogP) is 4.20. The molecule has 3 aromatic rings. The lowest BCUT2D eigenvalue weighted by atomic mass is 10.1. The normalized spacial score (nSPS) is 11.0. The van der Waals surface area contributed by atoms with Gasteiger partial charge in [0, 0.05) is 5.56 Å². The van der Waals surface area contributed by atoms with Crippen molar-refractivity contribution in [3.05, 3.63) is 89.2 Å². The fraction of sp³-hybridized carbons (Fsp3) is 0.160. The molecule has 170 valence electrons. The van der Waals surface area contributed by atoms with Crippen LogP contribution in [0.15, 0.2) is 71.8 Å². The van der Waals surface area contributed by atoms with Gasteiger partial charge in [-0.3, -0.25) is 9.59 Å². The Hall–Kier alpha value is -4.20. The average molecular weight is 449 g/mol.